The van der Waals surface area contributed by atoms with Gasteiger partial charge in [0.1, 0.15) is 0 Å². The van der Waals surface area contributed by atoms with Crippen molar-refractivity contribution in [2.24, 2.45) is 5.92 Å². The Morgan fingerprint density at radius 2 is 1.91 bits per heavy atom. The zero-order chi connectivity index (χ0) is 32.7. The summed E-state index contributed by atoms with van der Waals surface area (Å²) in [6.07, 6.45) is 8.07. The van der Waals surface area contributed by atoms with E-state index in [1.807, 2.05) is 25.1 Å². The Hall–Kier alpha value is -2.82. The fourth-order valence-corrected chi connectivity index (χ4v) is 10.6. The molecular weight excluding hydrogens is 589 g/mol. The molecule has 3 fully saturated rings. The third-order valence-electron chi connectivity index (χ3n) is 10.3. The number of nitrogens with zero attached hydrogens (tertiary/aromatic N) is 3. The van der Waals surface area contributed by atoms with Crippen LogP contribution in [0.15, 0.2) is 41.5 Å². The topological polar surface area (TPSA) is 90.4 Å². The molecule has 45 heavy (non-hydrogen) atoms. The van der Waals surface area contributed by atoms with E-state index in [2.05, 4.69) is 32.9 Å². The van der Waals surface area contributed by atoms with Crippen molar-refractivity contribution in [1.82, 2.24) is 4.90 Å². The number of aliphatic hydroxyl groups excluding tert-OH is 1. The predicted octanol–water partition coefficient (Wildman–Crippen LogP) is 6.00. The first-order valence-electron chi connectivity index (χ1n) is 16.6. The number of hydrogen-bond acceptors (Lipinski definition) is 5. The number of allylic oxidation sites excluding steroid dienone is 3. The van der Waals surface area contributed by atoms with Gasteiger partial charge in [-0.15, -0.1) is 0 Å². The molecule has 0 aliphatic carbocycles. The van der Waals surface area contributed by atoms with Gasteiger partial charge in [0.2, 0.25) is 20.2 Å². The number of carbonyl (C=O) groups excluding carboxylic acids is 3. The number of hydrogen-bond donors (Lipinski definition) is 1. The Balaban J connectivity index is 1.53. The van der Waals surface area contributed by atoms with E-state index in [9.17, 15) is 19.5 Å². The van der Waals surface area contributed by atoms with Crippen molar-refractivity contribution >= 4 is 37.5 Å². The second-order valence-electron chi connectivity index (χ2n) is 14.2. The van der Waals surface area contributed by atoms with Crippen LogP contribution in [0, 0.1) is 5.92 Å². The van der Waals surface area contributed by atoms with E-state index in [1.54, 1.807) is 27.8 Å². The Bertz CT molecular complexity index is 1390. The molecule has 3 saturated heterocycles. The van der Waals surface area contributed by atoms with Crippen molar-refractivity contribution in [3.63, 3.8) is 0 Å². The van der Waals surface area contributed by atoms with Crippen LogP contribution < -0.4 is 9.80 Å². The molecule has 1 aromatic rings. The number of benzene rings is 1. The molecule has 5 rings (SSSR count). The molecule has 0 bridgehead atoms. The zero-order valence-corrected chi connectivity index (χ0v) is 28.8. The summed E-state index contributed by atoms with van der Waals surface area (Å²) in [5.74, 6) is -0.894. The predicted molar refractivity (Wildman–Crippen MR) is 177 cm³/mol. The highest BCUT2D eigenvalue weighted by atomic mass is 28.4. The summed E-state index contributed by atoms with van der Waals surface area (Å²) in [7, 11) is -3.46. The number of ether oxygens (including phenoxy) is 1. The molecule has 0 aromatic heterocycles. The van der Waals surface area contributed by atoms with Crippen molar-refractivity contribution in [3.8, 4) is 0 Å². The lowest BCUT2D eigenvalue weighted by Gasteiger charge is -2.31. The van der Waals surface area contributed by atoms with Gasteiger partial charge < -0.3 is 28.7 Å². The minimum atomic E-state index is -3.46. The van der Waals surface area contributed by atoms with E-state index in [1.165, 1.54) is 11.1 Å². The molecule has 1 spiro atoms. The van der Waals surface area contributed by atoms with E-state index < -0.39 is 31.6 Å². The van der Waals surface area contributed by atoms with Gasteiger partial charge in [-0.2, -0.15) is 0 Å². The molecule has 246 valence electrons. The highest BCUT2D eigenvalue weighted by Gasteiger charge is 2.67. The Labute approximate surface area is 268 Å². The number of halogens is 1. The largest absolute Gasteiger partial charge is 0.394 e. The normalized spacial score (nSPS) is 28.5. The van der Waals surface area contributed by atoms with Gasteiger partial charge >= 0.3 is 0 Å². The van der Waals surface area contributed by atoms with Gasteiger partial charge in [-0.1, -0.05) is 30.2 Å². The number of fused-ring (bicyclic) bond motifs is 2. The van der Waals surface area contributed by atoms with Crippen LogP contribution in [0.2, 0.25) is 18.6 Å². The van der Waals surface area contributed by atoms with Crippen LogP contribution in [0.3, 0.4) is 0 Å². The number of aliphatic hydroxyl groups is 1. The molecule has 10 heteroatoms. The quantitative estimate of drug-likeness (QED) is 0.193. The third kappa shape index (κ3) is 6.30. The molecule has 8 nitrogen and oxygen atoms in total. The summed E-state index contributed by atoms with van der Waals surface area (Å²) < 4.78 is 23.1. The highest BCUT2D eigenvalue weighted by Crippen LogP contribution is 2.60. The maximum Gasteiger partial charge on any atom is 0.264 e. The summed E-state index contributed by atoms with van der Waals surface area (Å²) in [6, 6.07) is 5.44. The van der Waals surface area contributed by atoms with Crippen molar-refractivity contribution in [2.45, 2.75) is 109 Å². The molecule has 0 saturated carbocycles. The van der Waals surface area contributed by atoms with Crippen molar-refractivity contribution in [1.29, 1.82) is 0 Å². The van der Waals surface area contributed by atoms with Gasteiger partial charge in [-0.3, -0.25) is 14.4 Å². The number of anilines is 2. The minimum absolute atomic E-state index is 0.0378. The van der Waals surface area contributed by atoms with Gasteiger partial charge in [0.05, 0.1) is 30.9 Å². The fraction of sp³-hybridized carbons (Fsp3) is 0.629. The van der Waals surface area contributed by atoms with E-state index in [4.69, 9.17) is 4.74 Å². The molecule has 0 unspecified atom stereocenters. The van der Waals surface area contributed by atoms with Crippen LogP contribution in [-0.2, 0) is 24.7 Å². The van der Waals surface area contributed by atoms with E-state index in [0.717, 1.165) is 32.1 Å². The molecular formula is C35H50FN3O5Si. The molecule has 3 amide bonds. The average molecular weight is 640 g/mol. The molecule has 5 atom stereocenters. The lowest BCUT2D eigenvalue weighted by Crippen LogP contribution is -2.45. The molecule has 4 aliphatic heterocycles. The summed E-state index contributed by atoms with van der Waals surface area (Å²) >= 11 is 0. The van der Waals surface area contributed by atoms with Crippen LogP contribution in [0.25, 0.3) is 0 Å². The second kappa shape index (κ2) is 13.1. The maximum atomic E-state index is 16.3. The van der Waals surface area contributed by atoms with Gasteiger partial charge in [0, 0.05) is 48.8 Å². The van der Waals surface area contributed by atoms with Gasteiger partial charge in [0.15, 0.2) is 5.60 Å². The molecule has 0 radical (unpaired) electrons. The standard InChI is InChI=1S/C35H50FN3O5Si/c1-23(2)10-7-11-24(3)16-19-39-29-15-14-26(37-18-9-13-31(37)41)20-28(29)35(34(39)43)25(4)33(45(5,6)36)30(44-35)21-32(42)38-17-8-12-27(38)22-40/h10,14-16,20,25,27,30,33,40H,7-9,11-13,17-19,21-22H2,1-6H3/b24-16+/t25-,27+,30+,33-,35+/m1/s1. The first kappa shape index (κ1) is 33.5. The fourth-order valence-electron chi connectivity index (χ4n) is 8.09. The van der Waals surface area contributed by atoms with E-state index in [0.29, 0.717) is 43.0 Å². The van der Waals surface area contributed by atoms with Crippen LogP contribution in [0.4, 0.5) is 15.5 Å². The lowest BCUT2D eigenvalue weighted by atomic mass is 9.82. The molecule has 1 aromatic carbocycles. The third-order valence-corrected chi connectivity index (χ3v) is 12.8. The van der Waals surface area contributed by atoms with Crippen molar-refractivity contribution in [2.75, 3.05) is 36.0 Å². The first-order valence-corrected chi connectivity index (χ1v) is 19.6. The Morgan fingerprint density at radius 3 is 2.56 bits per heavy atom. The minimum Gasteiger partial charge on any atom is -0.394 e. The average Bonchev–Trinajstić information content (AvgIpc) is 3.73. The number of amides is 3. The van der Waals surface area contributed by atoms with Gasteiger partial charge in [-0.25, -0.2) is 0 Å². The van der Waals surface area contributed by atoms with Crippen LogP contribution in [0.1, 0.15) is 78.2 Å². The van der Waals surface area contributed by atoms with E-state index >= 15 is 4.11 Å². The molecule has 1 N–H and O–H groups in total. The maximum absolute atomic E-state index is 16.3. The van der Waals surface area contributed by atoms with Crippen LogP contribution in [-0.4, -0.2) is 74.5 Å². The van der Waals surface area contributed by atoms with Crippen LogP contribution in [0.5, 0.6) is 0 Å². The first-order chi connectivity index (χ1) is 21.3. The molecule has 4 aliphatic rings. The van der Waals surface area contributed by atoms with Gasteiger partial charge in [-0.05, 0) is 84.2 Å². The highest BCUT2D eigenvalue weighted by molar-refractivity contribution is 6.72. The number of carbonyl (C=O) groups is 3. The summed E-state index contributed by atoms with van der Waals surface area (Å²) in [4.78, 5) is 46.2. The number of likely N-dealkylation sites (tertiary alicyclic amines) is 1. The second-order valence-corrected chi connectivity index (χ2v) is 18.0. The van der Waals surface area contributed by atoms with Gasteiger partial charge in [0.25, 0.3) is 5.91 Å². The van der Waals surface area contributed by atoms with E-state index in [-0.39, 0.29) is 36.8 Å². The summed E-state index contributed by atoms with van der Waals surface area (Å²) in [5, 5.41) is 9.84. The Morgan fingerprint density at radius 1 is 1.16 bits per heavy atom. The zero-order valence-electron chi connectivity index (χ0n) is 27.8. The molecule has 4 heterocycles. The SMILES string of the molecule is CC(C)=CCC/C(C)=C/CN1C(=O)[C@@]2(O[C@@H](CC(=O)N3CCC[C@H]3CO)[C@H]([Si](C)(C)F)[C@H]2C)c2cc(N3CCCC3=O)ccc21. The summed E-state index contributed by atoms with van der Waals surface area (Å²) in [6.45, 7) is 12.8. The number of rotatable bonds is 10. The summed E-state index contributed by atoms with van der Waals surface area (Å²) in [5.41, 5.74) is 2.44. The smallest absolute Gasteiger partial charge is 0.264 e. The van der Waals surface area contributed by atoms with Crippen molar-refractivity contribution in [3.05, 3.63) is 47.1 Å². The van der Waals surface area contributed by atoms with Crippen LogP contribution >= 0.6 is 0 Å². The van der Waals surface area contributed by atoms with Crippen molar-refractivity contribution < 1.29 is 28.3 Å². The monoisotopic (exact) mass is 639 g/mol. The Kier molecular flexibility index (Phi) is 9.78. The lowest BCUT2D eigenvalue weighted by molar-refractivity contribution is -0.149.